The first-order valence-corrected chi connectivity index (χ1v) is 6.83. The maximum atomic E-state index is 13.9. The Hall–Kier alpha value is -1.67. The number of aliphatic hydroxyl groups is 1. The monoisotopic (exact) mass is 272 g/mol. The summed E-state index contributed by atoms with van der Waals surface area (Å²) >= 11 is 0. The number of benzene rings is 2. The predicted molar refractivity (Wildman–Crippen MR) is 80.3 cm³/mol. The van der Waals surface area contributed by atoms with Gasteiger partial charge < -0.3 is 5.11 Å². The molecule has 1 N–H and O–H groups in total. The highest BCUT2D eigenvalue weighted by atomic mass is 19.1. The van der Waals surface area contributed by atoms with Gasteiger partial charge in [0.05, 0.1) is 0 Å². The molecule has 2 rings (SSSR count). The molecule has 0 saturated carbocycles. The summed E-state index contributed by atoms with van der Waals surface area (Å²) in [4.78, 5) is 0. The lowest BCUT2D eigenvalue weighted by Gasteiger charge is -2.20. The molecule has 0 heterocycles. The van der Waals surface area contributed by atoms with E-state index in [1.165, 1.54) is 11.6 Å². The molecule has 2 heteroatoms. The zero-order valence-corrected chi connectivity index (χ0v) is 12.4. The van der Waals surface area contributed by atoms with Crippen molar-refractivity contribution in [2.45, 2.75) is 39.2 Å². The lowest BCUT2D eigenvalue weighted by Crippen LogP contribution is -2.11. The van der Waals surface area contributed by atoms with Gasteiger partial charge in [-0.1, -0.05) is 57.2 Å². The van der Waals surface area contributed by atoms with Gasteiger partial charge in [-0.25, -0.2) is 4.39 Å². The van der Waals surface area contributed by atoms with Crippen molar-refractivity contribution >= 4 is 0 Å². The Kier molecular flexibility index (Phi) is 3.96. The minimum absolute atomic E-state index is 0.0680. The van der Waals surface area contributed by atoms with E-state index in [2.05, 4.69) is 20.8 Å². The zero-order chi connectivity index (χ0) is 14.9. The smallest absolute Gasteiger partial charge is 0.129 e. The van der Waals surface area contributed by atoms with E-state index in [4.69, 9.17) is 0 Å². The van der Waals surface area contributed by atoms with Gasteiger partial charge in [0.15, 0.2) is 0 Å². The van der Waals surface area contributed by atoms with Gasteiger partial charge in [-0.15, -0.1) is 0 Å². The second-order valence-electron chi connectivity index (χ2n) is 6.30. The summed E-state index contributed by atoms with van der Waals surface area (Å²) < 4.78 is 13.9. The standard InChI is InChI=1S/C18H21FO/c1-12-5-10-15(16(19)11-12)17(20)13-6-8-14(9-7-13)18(2,3)4/h5-11,17,20H,1-4H3. The molecule has 0 fully saturated rings. The molecule has 1 atom stereocenters. The van der Waals surface area contributed by atoms with E-state index in [0.29, 0.717) is 11.1 Å². The number of aryl methyl sites for hydroxylation is 1. The molecule has 2 aromatic carbocycles. The van der Waals surface area contributed by atoms with Gasteiger partial charge in [0.1, 0.15) is 11.9 Å². The molecular formula is C18H21FO. The highest BCUT2D eigenvalue weighted by Crippen LogP contribution is 2.28. The molecule has 0 amide bonds. The van der Waals surface area contributed by atoms with Crippen molar-refractivity contribution in [3.8, 4) is 0 Å². The van der Waals surface area contributed by atoms with Crippen molar-refractivity contribution in [1.82, 2.24) is 0 Å². The zero-order valence-electron chi connectivity index (χ0n) is 12.4. The van der Waals surface area contributed by atoms with Crippen LogP contribution in [0.1, 0.15) is 49.1 Å². The Morgan fingerprint density at radius 1 is 1.00 bits per heavy atom. The first kappa shape index (κ1) is 14.7. The molecule has 0 bridgehead atoms. The lowest BCUT2D eigenvalue weighted by molar-refractivity contribution is 0.215. The van der Waals surface area contributed by atoms with Crippen LogP contribution in [0.5, 0.6) is 0 Å². The molecule has 0 radical (unpaired) electrons. The Labute approximate surface area is 120 Å². The van der Waals surface area contributed by atoms with Crippen molar-refractivity contribution in [2.24, 2.45) is 0 Å². The summed E-state index contributed by atoms with van der Waals surface area (Å²) in [6, 6.07) is 12.6. The molecule has 0 saturated heterocycles. The summed E-state index contributed by atoms with van der Waals surface area (Å²) in [5.74, 6) is -0.364. The summed E-state index contributed by atoms with van der Waals surface area (Å²) in [6.07, 6.45) is -0.926. The van der Waals surface area contributed by atoms with Crippen molar-refractivity contribution in [3.05, 3.63) is 70.5 Å². The number of aliphatic hydroxyl groups excluding tert-OH is 1. The van der Waals surface area contributed by atoms with Gasteiger partial charge in [0.2, 0.25) is 0 Å². The quantitative estimate of drug-likeness (QED) is 0.852. The van der Waals surface area contributed by atoms with Crippen LogP contribution in [0.4, 0.5) is 4.39 Å². The summed E-state index contributed by atoms with van der Waals surface area (Å²) in [5.41, 5.74) is 3.14. The van der Waals surface area contributed by atoms with Gasteiger partial charge in [0.25, 0.3) is 0 Å². The molecule has 2 aromatic rings. The van der Waals surface area contributed by atoms with Gasteiger partial charge in [0, 0.05) is 5.56 Å². The van der Waals surface area contributed by atoms with Crippen LogP contribution in [0.3, 0.4) is 0 Å². The molecule has 0 aliphatic carbocycles. The van der Waals surface area contributed by atoms with Crippen molar-refractivity contribution < 1.29 is 9.50 Å². The fourth-order valence-electron chi connectivity index (χ4n) is 2.20. The highest BCUT2D eigenvalue weighted by molar-refractivity contribution is 5.35. The summed E-state index contributed by atoms with van der Waals surface area (Å²) in [6.45, 7) is 8.24. The first-order valence-electron chi connectivity index (χ1n) is 6.83. The lowest BCUT2D eigenvalue weighted by atomic mass is 9.86. The Morgan fingerprint density at radius 3 is 2.10 bits per heavy atom. The molecule has 1 unspecified atom stereocenters. The number of hydrogen-bond acceptors (Lipinski definition) is 1. The maximum absolute atomic E-state index is 13.9. The van der Waals surface area contributed by atoms with E-state index in [9.17, 15) is 9.50 Å². The summed E-state index contributed by atoms with van der Waals surface area (Å²) in [7, 11) is 0. The van der Waals surface area contributed by atoms with E-state index in [-0.39, 0.29) is 11.2 Å². The van der Waals surface area contributed by atoms with Crippen molar-refractivity contribution in [1.29, 1.82) is 0 Å². The molecule has 0 aromatic heterocycles. The van der Waals surface area contributed by atoms with Crippen LogP contribution in [0.25, 0.3) is 0 Å². The third kappa shape index (κ3) is 3.07. The van der Waals surface area contributed by atoms with E-state index in [1.54, 1.807) is 6.07 Å². The van der Waals surface area contributed by atoms with Crippen molar-refractivity contribution in [2.75, 3.05) is 0 Å². The Morgan fingerprint density at radius 2 is 1.60 bits per heavy atom. The van der Waals surface area contributed by atoms with Gasteiger partial charge in [-0.05, 0) is 35.1 Å². The molecule has 0 aliphatic heterocycles. The third-order valence-corrected chi connectivity index (χ3v) is 3.54. The largest absolute Gasteiger partial charge is 0.384 e. The van der Waals surface area contributed by atoms with E-state index in [0.717, 1.165) is 5.56 Å². The fraction of sp³-hybridized carbons (Fsp3) is 0.333. The summed E-state index contributed by atoms with van der Waals surface area (Å²) in [5, 5.41) is 10.3. The highest BCUT2D eigenvalue weighted by Gasteiger charge is 2.17. The molecule has 20 heavy (non-hydrogen) atoms. The third-order valence-electron chi connectivity index (χ3n) is 3.54. The number of halogens is 1. The van der Waals surface area contributed by atoms with Crippen LogP contribution < -0.4 is 0 Å². The number of rotatable bonds is 2. The van der Waals surface area contributed by atoms with Crippen LogP contribution in [-0.4, -0.2) is 5.11 Å². The SMILES string of the molecule is Cc1ccc(C(O)c2ccc(C(C)(C)C)cc2)c(F)c1. The molecule has 106 valence electrons. The maximum Gasteiger partial charge on any atom is 0.129 e. The second kappa shape index (κ2) is 5.37. The minimum Gasteiger partial charge on any atom is -0.384 e. The molecular weight excluding hydrogens is 251 g/mol. The Bertz CT molecular complexity index is 594. The first-order chi connectivity index (χ1) is 9.29. The predicted octanol–water partition coefficient (Wildman–Crippen LogP) is 4.51. The van der Waals surface area contributed by atoms with Crippen LogP contribution >= 0.6 is 0 Å². The van der Waals surface area contributed by atoms with Crippen LogP contribution in [0.15, 0.2) is 42.5 Å². The Balaban J connectivity index is 2.31. The number of hydrogen-bond donors (Lipinski definition) is 1. The molecule has 1 nitrogen and oxygen atoms in total. The average molecular weight is 272 g/mol. The topological polar surface area (TPSA) is 20.2 Å². The van der Waals surface area contributed by atoms with Gasteiger partial charge >= 0.3 is 0 Å². The van der Waals surface area contributed by atoms with Crippen molar-refractivity contribution in [3.63, 3.8) is 0 Å². The van der Waals surface area contributed by atoms with Gasteiger partial charge in [-0.2, -0.15) is 0 Å². The van der Waals surface area contributed by atoms with E-state index >= 15 is 0 Å². The van der Waals surface area contributed by atoms with Crippen LogP contribution in [0.2, 0.25) is 0 Å². The van der Waals surface area contributed by atoms with E-state index < -0.39 is 6.10 Å². The normalized spacial score (nSPS) is 13.3. The average Bonchev–Trinajstić information content (AvgIpc) is 2.37. The fourth-order valence-corrected chi connectivity index (χ4v) is 2.20. The van der Waals surface area contributed by atoms with Crippen LogP contribution in [0, 0.1) is 12.7 Å². The molecule has 0 aliphatic rings. The minimum atomic E-state index is -0.926. The second-order valence-corrected chi connectivity index (χ2v) is 6.30. The molecule has 0 spiro atoms. The van der Waals surface area contributed by atoms with Crippen LogP contribution in [-0.2, 0) is 5.41 Å². The van der Waals surface area contributed by atoms with Gasteiger partial charge in [-0.3, -0.25) is 0 Å². The van der Waals surface area contributed by atoms with E-state index in [1.807, 2.05) is 37.3 Å².